The molecule has 0 unspecified atom stereocenters. The standard InChI is InChI=1S/C14H16N2O2S/c1-10-7-11(15)4-5-13(10)16-14(17)9-18-8-12-3-2-6-19-12/h2-7H,8-9,15H2,1H3,(H,16,17). The molecule has 0 saturated carbocycles. The van der Waals surface area contributed by atoms with Crippen molar-refractivity contribution in [3.63, 3.8) is 0 Å². The highest BCUT2D eigenvalue weighted by Gasteiger charge is 2.05. The van der Waals surface area contributed by atoms with Crippen molar-refractivity contribution in [3.05, 3.63) is 46.2 Å². The Balaban J connectivity index is 1.80. The third kappa shape index (κ3) is 4.08. The first kappa shape index (κ1) is 13.6. The molecule has 0 saturated heterocycles. The smallest absolute Gasteiger partial charge is 0.250 e. The molecule has 0 bridgehead atoms. The first-order valence-electron chi connectivity index (χ1n) is 5.91. The van der Waals surface area contributed by atoms with E-state index in [0.29, 0.717) is 12.3 Å². The highest BCUT2D eigenvalue weighted by Crippen LogP contribution is 2.17. The van der Waals surface area contributed by atoms with E-state index in [-0.39, 0.29) is 12.5 Å². The Morgan fingerprint density at radius 3 is 2.95 bits per heavy atom. The molecule has 0 aliphatic carbocycles. The second kappa shape index (κ2) is 6.36. The van der Waals surface area contributed by atoms with Crippen LogP contribution >= 0.6 is 11.3 Å². The van der Waals surface area contributed by atoms with Gasteiger partial charge in [-0.05, 0) is 42.1 Å². The topological polar surface area (TPSA) is 64.3 Å². The summed E-state index contributed by atoms with van der Waals surface area (Å²) in [6.45, 7) is 2.41. The summed E-state index contributed by atoms with van der Waals surface area (Å²) in [6.07, 6.45) is 0. The summed E-state index contributed by atoms with van der Waals surface area (Å²) in [5.41, 5.74) is 8.04. The van der Waals surface area contributed by atoms with Crippen molar-refractivity contribution in [2.24, 2.45) is 0 Å². The fourth-order valence-electron chi connectivity index (χ4n) is 1.65. The number of nitrogen functional groups attached to an aromatic ring is 1. The lowest BCUT2D eigenvalue weighted by Crippen LogP contribution is -2.18. The van der Waals surface area contributed by atoms with Crippen LogP contribution in [0.3, 0.4) is 0 Å². The lowest BCUT2D eigenvalue weighted by molar-refractivity contribution is -0.120. The second-order valence-electron chi connectivity index (χ2n) is 4.19. The van der Waals surface area contributed by atoms with Crippen molar-refractivity contribution < 1.29 is 9.53 Å². The van der Waals surface area contributed by atoms with Gasteiger partial charge in [0.05, 0.1) is 6.61 Å². The molecule has 100 valence electrons. The largest absolute Gasteiger partial charge is 0.399 e. The van der Waals surface area contributed by atoms with E-state index in [1.165, 1.54) is 0 Å². The Bertz CT molecular complexity index is 553. The number of aryl methyl sites for hydroxylation is 1. The molecule has 3 N–H and O–H groups in total. The molecule has 0 atom stereocenters. The Kier molecular flexibility index (Phi) is 4.54. The van der Waals surface area contributed by atoms with E-state index in [9.17, 15) is 4.79 Å². The van der Waals surface area contributed by atoms with E-state index in [0.717, 1.165) is 16.1 Å². The first-order chi connectivity index (χ1) is 9.15. The molecule has 4 nitrogen and oxygen atoms in total. The van der Waals surface area contributed by atoms with E-state index in [1.54, 1.807) is 23.5 Å². The first-order valence-corrected chi connectivity index (χ1v) is 6.79. The minimum atomic E-state index is -0.163. The van der Waals surface area contributed by atoms with Crippen LogP contribution in [0.15, 0.2) is 35.7 Å². The van der Waals surface area contributed by atoms with Gasteiger partial charge in [-0.1, -0.05) is 6.07 Å². The summed E-state index contributed by atoms with van der Waals surface area (Å²) in [4.78, 5) is 12.8. The molecule has 0 aliphatic heterocycles. The Labute approximate surface area is 116 Å². The Morgan fingerprint density at radius 1 is 1.42 bits per heavy atom. The molecule has 2 rings (SSSR count). The number of hydrogen-bond donors (Lipinski definition) is 2. The molecule has 1 aromatic carbocycles. The van der Waals surface area contributed by atoms with Gasteiger partial charge in [-0.15, -0.1) is 11.3 Å². The lowest BCUT2D eigenvalue weighted by atomic mass is 10.2. The number of rotatable bonds is 5. The van der Waals surface area contributed by atoms with Crippen LogP contribution in [0.4, 0.5) is 11.4 Å². The molecule has 1 heterocycles. The zero-order chi connectivity index (χ0) is 13.7. The van der Waals surface area contributed by atoms with E-state index >= 15 is 0 Å². The summed E-state index contributed by atoms with van der Waals surface area (Å²) in [6, 6.07) is 9.31. The SMILES string of the molecule is Cc1cc(N)ccc1NC(=O)COCc1cccs1. The number of nitrogens with one attached hydrogen (secondary N) is 1. The number of ether oxygens (including phenoxy) is 1. The summed E-state index contributed by atoms with van der Waals surface area (Å²) >= 11 is 1.61. The highest BCUT2D eigenvalue weighted by molar-refractivity contribution is 7.09. The van der Waals surface area contributed by atoms with Crippen LogP contribution < -0.4 is 11.1 Å². The van der Waals surface area contributed by atoms with Gasteiger partial charge < -0.3 is 15.8 Å². The molecule has 19 heavy (non-hydrogen) atoms. The lowest BCUT2D eigenvalue weighted by Gasteiger charge is -2.09. The summed E-state index contributed by atoms with van der Waals surface area (Å²) in [5, 5.41) is 4.78. The van der Waals surface area contributed by atoms with Crippen LogP contribution in [0, 0.1) is 6.92 Å². The summed E-state index contributed by atoms with van der Waals surface area (Å²) < 4.78 is 5.35. The molecular formula is C14H16N2O2S. The van der Waals surface area contributed by atoms with Crippen molar-refractivity contribution in [2.45, 2.75) is 13.5 Å². The van der Waals surface area contributed by atoms with E-state index < -0.39 is 0 Å². The van der Waals surface area contributed by atoms with Crippen LogP contribution in [0.2, 0.25) is 0 Å². The normalized spacial score (nSPS) is 10.4. The molecule has 1 amide bonds. The summed E-state index contributed by atoms with van der Waals surface area (Å²) in [7, 11) is 0. The number of hydrogen-bond acceptors (Lipinski definition) is 4. The molecular weight excluding hydrogens is 260 g/mol. The fraction of sp³-hybridized carbons (Fsp3) is 0.214. The van der Waals surface area contributed by atoms with Gasteiger partial charge in [0.1, 0.15) is 6.61 Å². The number of carbonyl (C=O) groups excluding carboxylic acids is 1. The van der Waals surface area contributed by atoms with Gasteiger partial charge in [0, 0.05) is 16.3 Å². The maximum absolute atomic E-state index is 11.7. The van der Waals surface area contributed by atoms with E-state index in [2.05, 4.69) is 5.32 Å². The third-order valence-electron chi connectivity index (χ3n) is 2.58. The second-order valence-corrected chi connectivity index (χ2v) is 5.23. The predicted molar refractivity (Wildman–Crippen MR) is 78.2 cm³/mol. The average Bonchev–Trinajstić information content (AvgIpc) is 2.86. The van der Waals surface area contributed by atoms with Crippen molar-refractivity contribution >= 4 is 28.6 Å². The van der Waals surface area contributed by atoms with E-state index in [1.807, 2.05) is 30.5 Å². The molecule has 1 aromatic heterocycles. The minimum Gasteiger partial charge on any atom is -0.399 e. The predicted octanol–water partition coefficient (Wildman–Crippen LogP) is 2.79. The van der Waals surface area contributed by atoms with Crippen LogP contribution in [-0.2, 0) is 16.1 Å². The number of anilines is 2. The van der Waals surface area contributed by atoms with Gasteiger partial charge in [-0.3, -0.25) is 4.79 Å². The van der Waals surface area contributed by atoms with Gasteiger partial charge in [-0.25, -0.2) is 0 Å². The van der Waals surface area contributed by atoms with Gasteiger partial charge in [-0.2, -0.15) is 0 Å². The monoisotopic (exact) mass is 276 g/mol. The maximum Gasteiger partial charge on any atom is 0.250 e. The Hall–Kier alpha value is -1.85. The Morgan fingerprint density at radius 2 is 2.26 bits per heavy atom. The third-order valence-corrected chi connectivity index (χ3v) is 3.43. The molecule has 0 aliphatic rings. The van der Waals surface area contributed by atoms with Gasteiger partial charge in [0.15, 0.2) is 0 Å². The van der Waals surface area contributed by atoms with Crippen LogP contribution in [0.25, 0.3) is 0 Å². The van der Waals surface area contributed by atoms with Crippen LogP contribution in [0.5, 0.6) is 0 Å². The molecule has 0 radical (unpaired) electrons. The number of amides is 1. The molecule has 2 aromatic rings. The van der Waals surface area contributed by atoms with E-state index in [4.69, 9.17) is 10.5 Å². The molecule has 5 heteroatoms. The molecule has 0 fully saturated rings. The van der Waals surface area contributed by atoms with Crippen molar-refractivity contribution in [2.75, 3.05) is 17.7 Å². The quantitative estimate of drug-likeness (QED) is 0.825. The number of thiophene rings is 1. The number of nitrogens with two attached hydrogens (primary N) is 1. The van der Waals surface area contributed by atoms with Gasteiger partial charge >= 0.3 is 0 Å². The zero-order valence-electron chi connectivity index (χ0n) is 10.7. The van der Waals surface area contributed by atoms with Gasteiger partial charge in [0.2, 0.25) is 5.91 Å². The van der Waals surface area contributed by atoms with Crippen molar-refractivity contribution in [1.29, 1.82) is 0 Å². The number of carbonyl (C=O) groups is 1. The van der Waals surface area contributed by atoms with Crippen molar-refractivity contribution in [3.8, 4) is 0 Å². The minimum absolute atomic E-state index is 0.0434. The number of benzene rings is 1. The highest BCUT2D eigenvalue weighted by atomic mass is 32.1. The van der Waals surface area contributed by atoms with Gasteiger partial charge in [0.25, 0.3) is 0 Å². The van der Waals surface area contributed by atoms with Crippen LogP contribution in [0.1, 0.15) is 10.4 Å². The fourth-order valence-corrected chi connectivity index (χ4v) is 2.29. The maximum atomic E-state index is 11.7. The molecule has 0 spiro atoms. The summed E-state index contributed by atoms with van der Waals surface area (Å²) in [5.74, 6) is -0.163. The van der Waals surface area contributed by atoms with Crippen LogP contribution in [-0.4, -0.2) is 12.5 Å². The zero-order valence-corrected chi connectivity index (χ0v) is 11.5. The average molecular weight is 276 g/mol. The van der Waals surface area contributed by atoms with Crippen molar-refractivity contribution in [1.82, 2.24) is 0 Å².